The zero-order valence-electron chi connectivity index (χ0n) is 7.27. The van der Waals surface area contributed by atoms with E-state index in [0.717, 1.165) is 6.20 Å². The molecule has 0 unspecified atom stereocenters. The molecule has 1 aliphatic heterocycles. The minimum absolute atomic E-state index is 0.0852. The Bertz CT molecular complexity index is 417. The number of halogens is 1. The van der Waals surface area contributed by atoms with E-state index in [9.17, 15) is 12.8 Å². The summed E-state index contributed by atoms with van der Waals surface area (Å²) in [4.78, 5) is 3.77. The smallest absolute Gasteiger partial charge is 0.154 e. The third kappa shape index (κ3) is 2.01. The van der Waals surface area contributed by atoms with Crippen molar-refractivity contribution in [1.29, 1.82) is 0 Å². The second kappa shape index (κ2) is 3.20. The van der Waals surface area contributed by atoms with Crippen LogP contribution in [-0.2, 0) is 9.84 Å². The molecule has 2 rings (SSSR count). The van der Waals surface area contributed by atoms with Gasteiger partial charge >= 0.3 is 0 Å². The molecule has 0 spiro atoms. The summed E-state index contributed by atoms with van der Waals surface area (Å²) >= 11 is 0. The Morgan fingerprint density at radius 3 is 2.64 bits per heavy atom. The maximum absolute atomic E-state index is 12.5. The summed E-state index contributed by atoms with van der Waals surface area (Å²) in [7, 11) is -2.82. The third-order valence-corrected chi connectivity index (χ3v) is 3.81. The molecule has 1 N–H and O–H groups in total. The van der Waals surface area contributed by atoms with Crippen molar-refractivity contribution in [2.75, 3.05) is 16.8 Å². The predicted octanol–water partition coefficient (Wildman–Crippen LogP) is 0.430. The lowest BCUT2D eigenvalue weighted by Gasteiger charge is -2.26. The van der Waals surface area contributed by atoms with Crippen LogP contribution in [0.4, 0.5) is 10.2 Å². The van der Waals surface area contributed by atoms with Crippen molar-refractivity contribution in [2.24, 2.45) is 0 Å². The van der Waals surface area contributed by atoms with Gasteiger partial charge in [-0.2, -0.15) is 0 Å². The van der Waals surface area contributed by atoms with Gasteiger partial charge in [-0.3, -0.25) is 0 Å². The molecule has 1 fully saturated rings. The summed E-state index contributed by atoms with van der Waals surface area (Å²) in [5.74, 6) is 0.362. The van der Waals surface area contributed by atoms with Crippen LogP contribution in [0.25, 0.3) is 0 Å². The average molecular weight is 216 g/mol. The SMILES string of the molecule is O=S1(=O)CC(Nc2ccc(F)cn2)C1. The summed E-state index contributed by atoms with van der Waals surface area (Å²) in [6.07, 6.45) is 1.09. The standard InChI is InChI=1S/C8H9FN2O2S/c9-6-1-2-8(10-3-6)11-7-4-14(12,13)5-7/h1-3,7H,4-5H2,(H,10,11). The summed E-state index contributed by atoms with van der Waals surface area (Å²) < 4.78 is 34.1. The molecule has 1 aromatic heterocycles. The van der Waals surface area contributed by atoms with E-state index < -0.39 is 15.7 Å². The van der Waals surface area contributed by atoms with E-state index >= 15 is 0 Å². The highest BCUT2D eigenvalue weighted by atomic mass is 32.2. The molecule has 4 nitrogen and oxygen atoms in total. The van der Waals surface area contributed by atoms with E-state index in [0.29, 0.717) is 5.82 Å². The van der Waals surface area contributed by atoms with Gasteiger partial charge in [0.15, 0.2) is 9.84 Å². The molecule has 76 valence electrons. The van der Waals surface area contributed by atoms with Crippen LogP contribution in [-0.4, -0.2) is 30.9 Å². The Labute approximate surface area is 81.1 Å². The molecular weight excluding hydrogens is 207 g/mol. The molecule has 0 bridgehead atoms. The molecule has 0 saturated carbocycles. The highest BCUT2D eigenvalue weighted by molar-refractivity contribution is 7.92. The van der Waals surface area contributed by atoms with Crippen LogP contribution in [0.5, 0.6) is 0 Å². The molecule has 0 atom stereocenters. The van der Waals surface area contributed by atoms with Gasteiger partial charge in [0, 0.05) is 0 Å². The third-order valence-electron chi connectivity index (χ3n) is 1.99. The zero-order valence-corrected chi connectivity index (χ0v) is 8.09. The first-order chi connectivity index (χ1) is 6.55. The lowest BCUT2D eigenvalue weighted by molar-refractivity contribution is 0.570. The van der Waals surface area contributed by atoms with Gasteiger partial charge in [-0.15, -0.1) is 0 Å². The lowest BCUT2D eigenvalue weighted by atomic mass is 10.3. The van der Waals surface area contributed by atoms with E-state index in [1.165, 1.54) is 12.1 Å². The molecule has 14 heavy (non-hydrogen) atoms. The molecule has 0 amide bonds. The quantitative estimate of drug-likeness (QED) is 0.778. The van der Waals surface area contributed by atoms with Crippen molar-refractivity contribution in [3.63, 3.8) is 0 Å². The van der Waals surface area contributed by atoms with Gasteiger partial charge in [0.25, 0.3) is 0 Å². The van der Waals surface area contributed by atoms with Crippen LogP contribution in [0, 0.1) is 5.82 Å². The Morgan fingerprint density at radius 1 is 1.43 bits per heavy atom. The van der Waals surface area contributed by atoms with Gasteiger partial charge < -0.3 is 5.32 Å². The number of aromatic nitrogens is 1. The van der Waals surface area contributed by atoms with Crippen LogP contribution in [0.15, 0.2) is 18.3 Å². The van der Waals surface area contributed by atoms with Gasteiger partial charge in [-0.05, 0) is 12.1 Å². The highest BCUT2D eigenvalue weighted by Crippen LogP contribution is 2.15. The topological polar surface area (TPSA) is 59.1 Å². The van der Waals surface area contributed by atoms with Crippen LogP contribution >= 0.6 is 0 Å². The number of hydrogen-bond donors (Lipinski definition) is 1. The van der Waals surface area contributed by atoms with Crippen LogP contribution in [0.1, 0.15) is 0 Å². The molecule has 1 saturated heterocycles. The fraction of sp³-hybridized carbons (Fsp3) is 0.375. The lowest BCUT2D eigenvalue weighted by Crippen LogP contribution is -2.46. The summed E-state index contributed by atoms with van der Waals surface area (Å²) in [6, 6.07) is 2.68. The van der Waals surface area contributed by atoms with E-state index in [1.807, 2.05) is 0 Å². The molecule has 2 heterocycles. The molecule has 0 aliphatic carbocycles. The van der Waals surface area contributed by atoms with Crippen molar-refractivity contribution in [2.45, 2.75) is 6.04 Å². The molecule has 0 aromatic carbocycles. The van der Waals surface area contributed by atoms with Gasteiger partial charge in [0.1, 0.15) is 11.6 Å². The first-order valence-electron chi connectivity index (χ1n) is 4.14. The van der Waals surface area contributed by atoms with Crippen molar-refractivity contribution in [1.82, 2.24) is 4.98 Å². The summed E-state index contributed by atoms with van der Waals surface area (Å²) in [5.41, 5.74) is 0. The van der Waals surface area contributed by atoms with Crippen molar-refractivity contribution in [3.05, 3.63) is 24.1 Å². The summed E-state index contributed by atoms with van der Waals surface area (Å²) in [5, 5.41) is 2.90. The zero-order chi connectivity index (χ0) is 10.2. The number of nitrogens with one attached hydrogen (secondary N) is 1. The second-order valence-corrected chi connectivity index (χ2v) is 5.43. The number of sulfone groups is 1. The number of anilines is 1. The van der Waals surface area contributed by atoms with Crippen LogP contribution in [0.2, 0.25) is 0 Å². The van der Waals surface area contributed by atoms with Crippen LogP contribution in [0.3, 0.4) is 0 Å². The Kier molecular flexibility index (Phi) is 2.14. The highest BCUT2D eigenvalue weighted by Gasteiger charge is 2.33. The minimum atomic E-state index is -2.82. The summed E-state index contributed by atoms with van der Waals surface area (Å²) in [6.45, 7) is 0. The number of rotatable bonds is 2. The maximum atomic E-state index is 12.5. The Balaban J connectivity index is 1.97. The maximum Gasteiger partial charge on any atom is 0.154 e. The number of hydrogen-bond acceptors (Lipinski definition) is 4. The van der Waals surface area contributed by atoms with Gasteiger partial charge in [-0.25, -0.2) is 17.8 Å². The Hall–Kier alpha value is -1.17. The van der Waals surface area contributed by atoms with Gasteiger partial charge in [-0.1, -0.05) is 0 Å². The normalized spacial score (nSPS) is 20.1. The minimum Gasteiger partial charge on any atom is -0.365 e. The second-order valence-electron chi connectivity index (χ2n) is 3.28. The predicted molar refractivity (Wildman–Crippen MR) is 50.3 cm³/mol. The number of pyridine rings is 1. The number of nitrogens with zero attached hydrogens (tertiary/aromatic N) is 1. The first-order valence-corrected chi connectivity index (χ1v) is 5.96. The molecule has 1 aromatic rings. The monoisotopic (exact) mass is 216 g/mol. The first kappa shape index (κ1) is 9.39. The fourth-order valence-corrected chi connectivity index (χ4v) is 2.61. The fourth-order valence-electron chi connectivity index (χ4n) is 1.32. The largest absolute Gasteiger partial charge is 0.365 e. The van der Waals surface area contributed by atoms with Crippen molar-refractivity contribution < 1.29 is 12.8 Å². The van der Waals surface area contributed by atoms with Gasteiger partial charge in [0.2, 0.25) is 0 Å². The van der Waals surface area contributed by atoms with Crippen molar-refractivity contribution >= 4 is 15.7 Å². The van der Waals surface area contributed by atoms with E-state index in [4.69, 9.17) is 0 Å². The van der Waals surface area contributed by atoms with E-state index in [2.05, 4.69) is 10.3 Å². The van der Waals surface area contributed by atoms with Crippen LogP contribution < -0.4 is 5.32 Å². The van der Waals surface area contributed by atoms with E-state index in [1.54, 1.807) is 0 Å². The Morgan fingerprint density at radius 2 is 2.14 bits per heavy atom. The average Bonchev–Trinajstić information content (AvgIpc) is 2.06. The van der Waals surface area contributed by atoms with E-state index in [-0.39, 0.29) is 17.5 Å². The molecule has 0 radical (unpaired) electrons. The van der Waals surface area contributed by atoms with Gasteiger partial charge in [0.05, 0.1) is 23.7 Å². The molecular formula is C8H9FN2O2S. The van der Waals surface area contributed by atoms with Crippen molar-refractivity contribution in [3.8, 4) is 0 Å². The molecule has 1 aliphatic rings. The molecule has 6 heteroatoms.